The third-order valence-electron chi connectivity index (χ3n) is 1.26. The Balaban J connectivity index is 3.00. The van der Waals surface area contributed by atoms with E-state index in [-0.39, 0.29) is 5.56 Å². The normalized spacial score (nSPS) is 10.6. The van der Waals surface area contributed by atoms with Crippen molar-refractivity contribution < 1.29 is 14.3 Å². The zero-order chi connectivity index (χ0) is 9.84. The van der Waals surface area contributed by atoms with Gasteiger partial charge in [-0.05, 0) is 28.1 Å². The second-order valence-corrected chi connectivity index (χ2v) is 3.01. The van der Waals surface area contributed by atoms with Crippen molar-refractivity contribution in [3.63, 3.8) is 0 Å². The zero-order valence-corrected chi connectivity index (χ0v) is 7.95. The fraction of sp³-hybridized carbons (Fsp3) is 0. The van der Waals surface area contributed by atoms with Gasteiger partial charge in [0.25, 0.3) is 0 Å². The van der Waals surface area contributed by atoms with Crippen LogP contribution in [0, 0.1) is 5.82 Å². The van der Waals surface area contributed by atoms with Crippen molar-refractivity contribution >= 4 is 28.0 Å². The van der Waals surface area contributed by atoms with Gasteiger partial charge in [0.15, 0.2) is 0 Å². The maximum Gasteiger partial charge on any atom is 0.328 e. The van der Waals surface area contributed by atoms with E-state index in [2.05, 4.69) is 20.9 Å². The van der Waals surface area contributed by atoms with E-state index in [1.807, 2.05) is 0 Å². The fourth-order valence-corrected chi connectivity index (χ4v) is 1.07. The molecular weight excluding hydrogens is 241 g/mol. The molecule has 0 fully saturated rings. The second kappa shape index (κ2) is 4.13. The molecule has 1 aromatic rings. The van der Waals surface area contributed by atoms with Gasteiger partial charge in [-0.3, -0.25) is 0 Å². The van der Waals surface area contributed by atoms with Crippen LogP contribution in [0.15, 0.2) is 22.9 Å². The molecule has 0 atom stereocenters. The standard InChI is InChI=1S/C8H5BrFNO2/c9-7-3-5(1-2-8(12)13)6(10)4-11-7/h1-4H,(H,12,13). The van der Waals surface area contributed by atoms with E-state index in [0.717, 1.165) is 12.3 Å². The molecule has 13 heavy (non-hydrogen) atoms. The van der Waals surface area contributed by atoms with Crippen LogP contribution in [0.1, 0.15) is 5.56 Å². The monoisotopic (exact) mass is 245 g/mol. The van der Waals surface area contributed by atoms with Crippen molar-refractivity contribution in [1.29, 1.82) is 0 Å². The summed E-state index contributed by atoms with van der Waals surface area (Å²) in [4.78, 5) is 13.8. The number of nitrogens with zero attached hydrogens (tertiary/aromatic N) is 1. The summed E-state index contributed by atoms with van der Waals surface area (Å²) in [5.41, 5.74) is 0.185. The van der Waals surface area contributed by atoms with E-state index in [1.54, 1.807) is 0 Å². The van der Waals surface area contributed by atoms with E-state index < -0.39 is 11.8 Å². The highest BCUT2D eigenvalue weighted by Crippen LogP contribution is 2.13. The lowest BCUT2D eigenvalue weighted by atomic mass is 10.2. The molecule has 5 heteroatoms. The zero-order valence-electron chi connectivity index (χ0n) is 6.37. The molecule has 0 spiro atoms. The summed E-state index contributed by atoms with van der Waals surface area (Å²) in [6.07, 6.45) is 3.06. The van der Waals surface area contributed by atoms with Crippen molar-refractivity contribution in [3.05, 3.63) is 34.3 Å². The van der Waals surface area contributed by atoms with Crippen LogP contribution in [0.4, 0.5) is 4.39 Å². The van der Waals surface area contributed by atoms with Gasteiger partial charge >= 0.3 is 5.97 Å². The molecule has 0 radical (unpaired) electrons. The van der Waals surface area contributed by atoms with Crippen LogP contribution in [-0.4, -0.2) is 16.1 Å². The van der Waals surface area contributed by atoms with E-state index in [9.17, 15) is 9.18 Å². The first-order chi connectivity index (χ1) is 6.09. The first kappa shape index (κ1) is 9.85. The predicted molar refractivity (Wildman–Crippen MR) is 48.6 cm³/mol. The average Bonchev–Trinajstić information content (AvgIpc) is 2.06. The molecule has 0 aromatic carbocycles. The number of halogens is 2. The molecule has 0 bridgehead atoms. The number of carboxylic acids is 1. The highest BCUT2D eigenvalue weighted by Gasteiger charge is 2.00. The lowest BCUT2D eigenvalue weighted by Crippen LogP contribution is -1.89. The van der Waals surface area contributed by atoms with Crippen molar-refractivity contribution in [1.82, 2.24) is 4.98 Å². The number of aromatic nitrogens is 1. The van der Waals surface area contributed by atoms with Gasteiger partial charge < -0.3 is 5.11 Å². The van der Waals surface area contributed by atoms with E-state index in [1.165, 1.54) is 12.1 Å². The average molecular weight is 246 g/mol. The SMILES string of the molecule is O=C(O)C=Cc1cc(Br)ncc1F. The van der Waals surface area contributed by atoms with E-state index >= 15 is 0 Å². The molecule has 0 aliphatic heterocycles. The summed E-state index contributed by atoms with van der Waals surface area (Å²) in [5, 5.41) is 8.30. The Morgan fingerprint density at radius 1 is 1.69 bits per heavy atom. The molecule has 0 saturated heterocycles. The molecule has 0 unspecified atom stereocenters. The minimum atomic E-state index is -1.12. The Labute approximate surface area is 82.0 Å². The summed E-state index contributed by atoms with van der Waals surface area (Å²) in [5.74, 6) is -1.67. The summed E-state index contributed by atoms with van der Waals surface area (Å²) < 4.78 is 13.3. The molecule has 3 nitrogen and oxygen atoms in total. The quantitative estimate of drug-likeness (QED) is 0.642. The Kier molecular flexibility index (Phi) is 3.13. The number of carbonyl (C=O) groups is 1. The molecule has 0 aliphatic rings. The first-order valence-electron chi connectivity index (χ1n) is 3.31. The molecule has 0 aliphatic carbocycles. The van der Waals surface area contributed by atoms with Crippen LogP contribution in [0.25, 0.3) is 6.08 Å². The molecule has 68 valence electrons. The van der Waals surface area contributed by atoms with Crippen LogP contribution in [0.3, 0.4) is 0 Å². The third kappa shape index (κ3) is 2.95. The van der Waals surface area contributed by atoms with Gasteiger partial charge in [0, 0.05) is 11.6 Å². The molecule has 1 N–H and O–H groups in total. The van der Waals surface area contributed by atoms with E-state index in [0.29, 0.717) is 4.60 Å². The number of aliphatic carboxylic acids is 1. The van der Waals surface area contributed by atoms with Gasteiger partial charge in [-0.15, -0.1) is 0 Å². The number of pyridine rings is 1. The van der Waals surface area contributed by atoms with Gasteiger partial charge in [0.2, 0.25) is 0 Å². The highest BCUT2D eigenvalue weighted by molar-refractivity contribution is 9.10. The summed E-state index contributed by atoms with van der Waals surface area (Å²) in [6, 6.07) is 1.40. The van der Waals surface area contributed by atoms with Gasteiger partial charge in [-0.1, -0.05) is 0 Å². The molecule has 1 aromatic heterocycles. The van der Waals surface area contributed by atoms with Crippen molar-refractivity contribution in [2.45, 2.75) is 0 Å². The molecule has 0 saturated carbocycles. The van der Waals surface area contributed by atoms with Crippen LogP contribution >= 0.6 is 15.9 Å². The number of hydrogen-bond acceptors (Lipinski definition) is 2. The Bertz CT molecular complexity index is 365. The minimum Gasteiger partial charge on any atom is -0.478 e. The lowest BCUT2D eigenvalue weighted by Gasteiger charge is -1.95. The van der Waals surface area contributed by atoms with Gasteiger partial charge in [-0.2, -0.15) is 0 Å². The van der Waals surface area contributed by atoms with Crippen molar-refractivity contribution in [2.75, 3.05) is 0 Å². The summed E-state index contributed by atoms with van der Waals surface area (Å²) in [6.45, 7) is 0. The Morgan fingerprint density at radius 3 is 3.00 bits per heavy atom. The topological polar surface area (TPSA) is 50.2 Å². The maximum absolute atomic E-state index is 12.9. The van der Waals surface area contributed by atoms with Gasteiger partial charge in [0.1, 0.15) is 10.4 Å². The summed E-state index contributed by atoms with van der Waals surface area (Å²) in [7, 11) is 0. The number of rotatable bonds is 2. The minimum absolute atomic E-state index is 0.185. The third-order valence-corrected chi connectivity index (χ3v) is 1.69. The van der Waals surface area contributed by atoms with Gasteiger partial charge in [0.05, 0.1) is 6.20 Å². The number of carboxylic acid groups (broad SMARTS) is 1. The molecule has 1 rings (SSSR count). The summed E-state index contributed by atoms with van der Waals surface area (Å²) >= 11 is 3.04. The van der Waals surface area contributed by atoms with Crippen LogP contribution in [0.2, 0.25) is 0 Å². The molecular formula is C8H5BrFNO2. The Hall–Kier alpha value is -1.23. The lowest BCUT2D eigenvalue weighted by molar-refractivity contribution is -0.131. The second-order valence-electron chi connectivity index (χ2n) is 2.20. The highest BCUT2D eigenvalue weighted by atomic mass is 79.9. The van der Waals surface area contributed by atoms with Crippen molar-refractivity contribution in [3.8, 4) is 0 Å². The van der Waals surface area contributed by atoms with Crippen LogP contribution < -0.4 is 0 Å². The Morgan fingerprint density at radius 2 is 2.38 bits per heavy atom. The molecule has 0 amide bonds. The number of hydrogen-bond donors (Lipinski definition) is 1. The first-order valence-corrected chi connectivity index (χ1v) is 4.11. The fourth-order valence-electron chi connectivity index (χ4n) is 0.716. The largest absolute Gasteiger partial charge is 0.478 e. The smallest absolute Gasteiger partial charge is 0.328 e. The maximum atomic E-state index is 12.9. The van der Waals surface area contributed by atoms with Crippen LogP contribution in [0.5, 0.6) is 0 Å². The molecule has 1 heterocycles. The van der Waals surface area contributed by atoms with Crippen molar-refractivity contribution in [2.24, 2.45) is 0 Å². The van der Waals surface area contributed by atoms with Gasteiger partial charge in [-0.25, -0.2) is 14.2 Å². The predicted octanol–water partition coefficient (Wildman–Crippen LogP) is 2.08. The van der Waals surface area contributed by atoms with E-state index in [4.69, 9.17) is 5.11 Å². The van der Waals surface area contributed by atoms with Crippen LogP contribution in [-0.2, 0) is 4.79 Å².